The minimum Gasteiger partial charge on any atom is -0.471 e. The summed E-state index contributed by atoms with van der Waals surface area (Å²) in [5.41, 5.74) is 2.95. The molecule has 5 heteroatoms. The van der Waals surface area contributed by atoms with Gasteiger partial charge in [-0.3, -0.25) is 4.79 Å². The van der Waals surface area contributed by atoms with Crippen LogP contribution >= 0.6 is 0 Å². The molecule has 3 aromatic rings. The van der Waals surface area contributed by atoms with Gasteiger partial charge >= 0.3 is 0 Å². The second kappa shape index (κ2) is 7.35. The van der Waals surface area contributed by atoms with Crippen LogP contribution in [0.4, 0.5) is 0 Å². The zero-order valence-corrected chi connectivity index (χ0v) is 14.3. The molecule has 1 saturated heterocycles. The Labute approximate surface area is 152 Å². The van der Waals surface area contributed by atoms with Crippen molar-refractivity contribution in [1.29, 1.82) is 0 Å². The van der Waals surface area contributed by atoms with Gasteiger partial charge in [-0.15, -0.1) is 5.10 Å². The molecule has 1 aliphatic rings. The van der Waals surface area contributed by atoms with Crippen LogP contribution in [-0.4, -0.2) is 40.2 Å². The van der Waals surface area contributed by atoms with Gasteiger partial charge in [0.2, 0.25) is 5.88 Å². The monoisotopic (exact) mass is 345 g/mol. The lowest BCUT2D eigenvalue weighted by Crippen LogP contribution is -2.31. The average Bonchev–Trinajstić information content (AvgIpc) is 3.17. The molecule has 1 fully saturated rings. The fourth-order valence-corrected chi connectivity index (χ4v) is 3.15. The van der Waals surface area contributed by atoms with E-state index in [9.17, 15) is 4.79 Å². The third-order valence-corrected chi connectivity index (χ3v) is 4.51. The SMILES string of the molecule is O=C(c1ccc(-c2ccccc2)cc1)N1CCC(Oc2cccnn2)C1. The standard InChI is InChI=1S/C21H19N3O2/c25-21(18-10-8-17(9-11-18)16-5-2-1-3-6-16)24-14-12-19(15-24)26-20-7-4-13-22-23-20/h1-11,13,19H,12,14-15H2. The smallest absolute Gasteiger partial charge is 0.253 e. The average molecular weight is 345 g/mol. The highest BCUT2D eigenvalue weighted by molar-refractivity contribution is 5.95. The number of benzene rings is 2. The van der Waals surface area contributed by atoms with Crippen LogP contribution in [-0.2, 0) is 0 Å². The molecule has 0 N–H and O–H groups in total. The first kappa shape index (κ1) is 16.3. The van der Waals surface area contributed by atoms with Crippen LogP contribution in [0.2, 0.25) is 0 Å². The van der Waals surface area contributed by atoms with Crippen molar-refractivity contribution < 1.29 is 9.53 Å². The molecule has 5 nitrogen and oxygen atoms in total. The molecule has 26 heavy (non-hydrogen) atoms. The quantitative estimate of drug-likeness (QED) is 0.727. The lowest BCUT2D eigenvalue weighted by molar-refractivity contribution is 0.0771. The van der Waals surface area contributed by atoms with Gasteiger partial charge in [0.05, 0.1) is 6.54 Å². The number of rotatable bonds is 4. The van der Waals surface area contributed by atoms with E-state index < -0.39 is 0 Å². The topological polar surface area (TPSA) is 55.3 Å². The van der Waals surface area contributed by atoms with Gasteiger partial charge in [0.25, 0.3) is 5.91 Å². The number of hydrogen-bond donors (Lipinski definition) is 0. The van der Waals surface area contributed by atoms with Gasteiger partial charge in [-0.2, -0.15) is 5.10 Å². The van der Waals surface area contributed by atoms with Crippen LogP contribution in [0.1, 0.15) is 16.8 Å². The van der Waals surface area contributed by atoms with Crippen LogP contribution in [0.5, 0.6) is 5.88 Å². The predicted octanol–water partition coefficient (Wildman–Crippen LogP) is 3.44. The molecule has 1 amide bonds. The van der Waals surface area contributed by atoms with Gasteiger partial charge in [-0.25, -0.2) is 0 Å². The maximum atomic E-state index is 12.7. The van der Waals surface area contributed by atoms with Gasteiger partial charge in [0.15, 0.2) is 0 Å². The van der Waals surface area contributed by atoms with Gasteiger partial charge in [0.1, 0.15) is 6.10 Å². The second-order valence-electron chi connectivity index (χ2n) is 6.28. The number of carbonyl (C=O) groups excluding carboxylic acids is 1. The van der Waals surface area contributed by atoms with E-state index in [2.05, 4.69) is 22.3 Å². The van der Waals surface area contributed by atoms with Crippen molar-refractivity contribution in [3.8, 4) is 17.0 Å². The number of nitrogens with zero attached hydrogens (tertiary/aromatic N) is 3. The molecule has 0 radical (unpaired) electrons. The highest BCUT2D eigenvalue weighted by Crippen LogP contribution is 2.22. The highest BCUT2D eigenvalue weighted by Gasteiger charge is 2.28. The molecule has 0 spiro atoms. The number of ether oxygens (including phenoxy) is 1. The van der Waals surface area contributed by atoms with Crippen LogP contribution in [0.15, 0.2) is 72.9 Å². The van der Waals surface area contributed by atoms with E-state index in [1.165, 1.54) is 0 Å². The van der Waals surface area contributed by atoms with Gasteiger partial charge in [0, 0.05) is 30.8 Å². The fourth-order valence-electron chi connectivity index (χ4n) is 3.15. The van der Waals surface area contributed by atoms with E-state index in [1.54, 1.807) is 18.3 Å². The Hall–Kier alpha value is -3.21. The molecule has 2 heterocycles. The van der Waals surface area contributed by atoms with E-state index in [0.29, 0.717) is 24.5 Å². The van der Waals surface area contributed by atoms with Crippen molar-refractivity contribution in [3.63, 3.8) is 0 Å². The van der Waals surface area contributed by atoms with Crippen molar-refractivity contribution in [2.45, 2.75) is 12.5 Å². The van der Waals surface area contributed by atoms with E-state index in [0.717, 1.165) is 17.5 Å². The number of carbonyl (C=O) groups is 1. The first-order chi connectivity index (χ1) is 12.8. The molecule has 1 unspecified atom stereocenters. The first-order valence-electron chi connectivity index (χ1n) is 8.69. The Morgan fingerprint density at radius 1 is 0.962 bits per heavy atom. The minimum atomic E-state index is -0.0424. The predicted molar refractivity (Wildman–Crippen MR) is 98.8 cm³/mol. The summed E-state index contributed by atoms with van der Waals surface area (Å²) < 4.78 is 5.80. The van der Waals surface area contributed by atoms with Crippen LogP contribution in [0, 0.1) is 0 Å². The molecule has 1 aliphatic heterocycles. The summed E-state index contributed by atoms with van der Waals surface area (Å²) in [6.07, 6.45) is 2.36. The van der Waals surface area contributed by atoms with Crippen molar-refractivity contribution in [2.24, 2.45) is 0 Å². The van der Waals surface area contributed by atoms with Crippen molar-refractivity contribution >= 4 is 5.91 Å². The normalized spacial score (nSPS) is 16.5. The minimum absolute atomic E-state index is 0.0369. The summed E-state index contributed by atoms with van der Waals surface area (Å²) in [4.78, 5) is 14.6. The summed E-state index contributed by atoms with van der Waals surface area (Å²) >= 11 is 0. The maximum absolute atomic E-state index is 12.7. The molecule has 0 aliphatic carbocycles. The van der Waals surface area contributed by atoms with Crippen LogP contribution < -0.4 is 4.74 Å². The van der Waals surface area contributed by atoms with Gasteiger partial charge in [-0.05, 0) is 29.3 Å². The summed E-state index contributed by atoms with van der Waals surface area (Å²) in [7, 11) is 0. The zero-order valence-electron chi connectivity index (χ0n) is 14.3. The largest absolute Gasteiger partial charge is 0.471 e. The van der Waals surface area contributed by atoms with E-state index >= 15 is 0 Å². The highest BCUT2D eigenvalue weighted by atomic mass is 16.5. The van der Waals surface area contributed by atoms with E-state index in [-0.39, 0.29) is 12.0 Å². The summed E-state index contributed by atoms with van der Waals surface area (Å²) in [6, 6.07) is 21.5. The first-order valence-corrected chi connectivity index (χ1v) is 8.69. The Balaban J connectivity index is 1.40. The van der Waals surface area contributed by atoms with Crippen LogP contribution in [0.3, 0.4) is 0 Å². The van der Waals surface area contributed by atoms with Crippen molar-refractivity contribution in [2.75, 3.05) is 13.1 Å². The maximum Gasteiger partial charge on any atom is 0.253 e. The van der Waals surface area contributed by atoms with E-state index in [4.69, 9.17) is 4.74 Å². The molecular weight excluding hydrogens is 326 g/mol. The summed E-state index contributed by atoms with van der Waals surface area (Å²) in [6.45, 7) is 1.25. The van der Waals surface area contributed by atoms with Gasteiger partial charge < -0.3 is 9.64 Å². The third-order valence-electron chi connectivity index (χ3n) is 4.51. The summed E-state index contributed by atoms with van der Waals surface area (Å²) in [5, 5.41) is 7.74. The van der Waals surface area contributed by atoms with E-state index in [1.807, 2.05) is 47.4 Å². The second-order valence-corrected chi connectivity index (χ2v) is 6.28. The molecule has 2 aromatic carbocycles. The number of aromatic nitrogens is 2. The van der Waals surface area contributed by atoms with Gasteiger partial charge in [-0.1, -0.05) is 42.5 Å². The molecule has 1 atom stereocenters. The molecule has 0 bridgehead atoms. The molecule has 1 aromatic heterocycles. The fraction of sp³-hybridized carbons (Fsp3) is 0.190. The van der Waals surface area contributed by atoms with Crippen molar-refractivity contribution in [1.82, 2.24) is 15.1 Å². The van der Waals surface area contributed by atoms with Crippen molar-refractivity contribution in [3.05, 3.63) is 78.5 Å². The zero-order chi connectivity index (χ0) is 17.8. The lowest BCUT2D eigenvalue weighted by Gasteiger charge is -2.17. The van der Waals surface area contributed by atoms with Crippen LogP contribution in [0.25, 0.3) is 11.1 Å². The lowest BCUT2D eigenvalue weighted by atomic mass is 10.0. The molecule has 130 valence electrons. The summed E-state index contributed by atoms with van der Waals surface area (Å²) in [5.74, 6) is 0.536. The Kier molecular flexibility index (Phi) is 4.60. The molecule has 0 saturated carbocycles. The Morgan fingerprint density at radius 3 is 2.46 bits per heavy atom. The Bertz CT molecular complexity index is 867. The molecular formula is C21H19N3O2. The number of hydrogen-bond acceptors (Lipinski definition) is 4. The molecule has 4 rings (SSSR count). The number of amides is 1. The number of likely N-dealkylation sites (tertiary alicyclic amines) is 1. The third kappa shape index (κ3) is 3.57. The Morgan fingerprint density at radius 2 is 1.73 bits per heavy atom.